The Balaban J connectivity index is 2.01. The van der Waals surface area contributed by atoms with Crippen molar-refractivity contribution in [1.29, 1.82) is 0 Å². The number of allylic oxidation sites excluding steroid dienone is 1. The summed E-state index contributed by atoms with van der Waals surface area (Å²) in [4.78, 5) is 17.6. The van der Waals surface area contributed by atoms with Crippen LogP contribution in [0.1, 0.15) is 25.5 Å². The molecule has 1 aromatic heterocycles. The van der Waals surface area contributed by atoms with Crippen molar-refractivity contribution < 1.29 is 14.3 Å². The third-order valence-corrected chi connectivity index (χ3v) is 4.76. The van der Waals surface area contributed by atoms with E-state index in [2.05, 4.69) is 5.32 Å². The van der Waals surface area contributed by atoms with Crippen LogP contribution in [0, 0.1) is 0 Å². The second-order valence-electron chi connectivity index (χ2n) is 6.32. The first-order valence-corrected chi connectivity index (χ1v) is 8.90. The Kier molecular flexibility index (Phi) is 4.32. The molecule has 1 aliphatic rings. The number of nitrogens with zero attached hydrogens (tertiary/aromatic N) is 2. The quantitative estimate of drug-likeness (QED) is 0.712. The van der Waals surface area contributed by atoms with E-state index in [1.807, 2.05) is 60.0 Å². The second kappa shape index (κ2) is 6.79. The molecule has 2 heterocycles. The van der Waals surface area contributed by atoms with Gasteiger partial charge in [0.15, 0.2) is 0 Å². The van der Waals surface area contributed by atoms with Crippen molar-refractivity contribution >= 4 is 23.0 Å². The van der Waals surface area contributed by atoms with Crippen LogP contribution in [-0.4, -0.2) is 29.2 Å². The molecular weight excluding hydrogens is 342 g/mol. The van der Waals surface area contributed by atoms with Gasteiger partial charge in [-0.3, -0.25) is 4.57 Å². The first-order chi connectivity index (χ1) is 13.2. The lowest BCUT2D eigenvalue weighted by molar-refractivity contribution is -0.139. The van der Waals surface area contributed by atoms with E-state index in [0.29, 0.717) is 23.9 Å². The molecule has 6 heteroatoms. The van der Waals surface area contributed by atoms with Crippen molar-refractivity contribution in [2.24, 2.45) is 0 Å². The minimum atomic E-state index is -0.399. The first kappa shape index (κ1) is 17.1. The number of hydrogen-bond acceptors (Lipinski definition) is 5. The van der Waals surface area contributed by atoms with Gasteiger partial charge in [0.25, 0.3) is 0 Å². The number of para-hydroxylation sites is 3. The lowest BCUT2D eigenvalue weighted by Gasteiger charge is -2.30. The van der Waals surface area contributed by atoms with E-state index in [0.717, 1.165) is 22.3 Å². The Morgan fingerprint density at radius 2 is 1.93 bits per heavy atom. The fraction of sp³-hybridized carbons (Fsp3) is 0.238. The molecule has 0 radical (unpaired) electrons. The minimum absolute atomic E-state index is 0.311. The smallest absolute Gasteiger partial charge is 0.338 e. The Morgan fingerprint density at radius 3 is 2.70 bits per heavy atom. The number of carbonyl (C=O) groups is 1. The highest BCUT2D eigenvalue weighted by Crippen LogP contribution is 2.42. The van der Waals surface area contributed by atoms with Crippen LogP contribution in [0.5, 0.6) is 5.75 Å². The van der Waals surface area contributed by atoms with E-state index in [9.17, 15) is 4.79 Å². The number of hydrogen-bond donors (Lipinski definition) is 1. The van der Waals surface area contributed by atoms with E-state index in [1.54, 1.807) is 14.0 Å². The van der Waals surface area contributed by atoms with Gasteiger partial charge in [0, 0.05) is 11.3 Å². The molecule has 6 nitrogen and oxygen atoms in total. The summed E-state index contributed by atoms with van der Waals surface area (Å²) in [6.45, 7) is 3.99. The molecule has 138 valence electrons. The molecule has 0 saturated heterocycles. The highest BCUT2D eigenvalue weighted by molar-refractivity contribution is 5.94. The van der Waals surface area contributed by atoms with Gasteiger partial charge < -0.3 is 14.8 Å². The molecule has 1 atom stereocenters. The Hall–Kier alpha value is -3.28. The highest BCUT2D eigenvalue weighted by Gasteiger charge is 2.36. The topological polar surface area (TPSA) is 65.4 Å². The standard InChI is InChI=1S/C21H21N3O3/c1-4-27-20(25)18-13(2)22-21-23-15-10-6-7-11-16(15)24(21)19(18)14-9-5-8-12-17(14)26-3/h5-12,19H,4H2,1-3H3,(H,22,23)/t19-/m1/s1. The Bertz CT molecular complexity index is 1050. The van der Waals surface area contributed by atoms with Crippen molar-refractivity contribution in [1.82, 2.24) is 9.55 Å². The number of carbonyl (C=O) groups excluding carboxylic acids is 1. The number of methoxy groups -OCH3 is 1. The van der Waals surface area contributed by atoms with Gasteiger partial charge in [-0.05, 0) is 32.0 Å². The SMILES string of the molecule is CCOC(=O)C1=C(C)Nc2nc3ccccc3n2[C@@H]1c1ccccc1OC. The van der Waals surface area contributed by atoms with E-state index >= 15 is 0 Å². The number of aromatic nitrogens is 2. The molecule has 1 N–H and O–H groups in total. The largest absolute Gasteiger partial charge is 0.496 e. The van der Waals surface area contributed by atoms with Crippen LogP contribution in [-0.2, 0) is 9.53 Å². The maximum atomic E-state index is 12.9. The zero-order valence-corrected chi connectivity index (χ0v) is 15.5. The van der Waals surface area contributed by atoms with Crippen LogP contribution in [0.4, 0.5) is 5.95 Å². The third-order valence-electron chi connectivity index (χ3n) is 4.76. The summed E-state index contributed by atoms with van der Waals surface area (Å²) < 4.78 is 13.0. The van der Waals surface area contributed by atoms with Crippen LogP contribution >= 0.6 is 0 Å². The summed E-state index contributed by atoms with van der Waals surface area (Å²) in [5.74, 6) is 1.06. The molecule has 0 saturated carbocycles. The van der Waals surface area contributed by atoms with E-state index in [4.69, 9.17) is 14.5 Å². The van der Waals surface area contributed by atoms with Crippen molar-refractivity contribution in [3.8, 4) is 5.75 Å². The van der Waals surface area contributed by atoms with Crippen molar-refractivity contribution in [3.63, 3.8) is 0 Å². The van der Waals surface area contributed by atoms with Gasteiger partial charge in [-0.15, -0.1) is 0 Å². The molecule has 0 unspecified atom stereocenters. The van der Waals surface area contributed by atoms with Gasteiger partial charge in [0.1, 0.15) is 5.75 Å². The van der Waals surface area contributed by atoms with Crippen molar-refractivity contribution in [2.45, 2.75) is 19.9 Å². The van der Waals surface area contributed by atoms with Crippen LogP contribution in [0.2, 0.25) is 0 Å². The van der Waals surface area contributed by atoms with Crippen molar-refractivity contribution in [2.75, 3.05) is 19.0 Å². The lowest BCUT2D eigenvalue weighted by atomic mass is 9.94. The summed E-state index contributed by atoms with van der Waals surface area (Å²) in [6.07, 6.45) is 0. The molecule has 0 aliphatic carbocycles. The van der Waals surface area contributed by atoms with Gasteiger partial charge in [0.2, 0.25) is 5.95 Å². The molecule has 2 aromatic carbocycles. The number of anilines is 1. The second-order valence-corrected chi connectivity index (χ2v) is 6.32. The molecule has 0 fully saturated rings. The zero-order chi connectivity index (χ0) is 19.0. The van der Waals surface area contributed by atoms with E-state index in [-0.39, 0.29) is 5.97 Å². The minimum Gasteiger partial charge on any atom is -0.496 e. The number of imidazole rings is 1. The first-order valence-electron chi connectivity index (χ1n) is 8.90. The molecule has 4 rings (SSSR count). The molecule has 0 bridgehead atoms. The van der Waals surface area contributed by atoms with Crippen LogP contribution in [0.25, 0.3) is 11.0 Å². The Labute approximate surface area is 157 Å². The Morgan fingerprint density at radius 1 is 1.19 bits per heavy atom. The summed E-state index contributed by atoms with van der Waals surface area (Å²) in [7, 11) is 1.63. The molecular formula is C21H21N3O3. The van der Waals surface area contributed by atoms with Crippen LogP contribution in [0.3, 0.4) is 0 Å². The zero-order valence-electron chi connectivity index (χ0n) is 15.5. The number of nitrogens with one attached hydrogen (secondary N) is 1. The normalized spacial score (nSPS) is 16.0. The van der Waals surface area contributed by atoms with Crippen LogP contribution in [0.15, 0.2) is 59.8 Å². The highest BCUT2D eigenvalue weighted by atomic mass is 16.5. The summed E-state index contributed by atoms with van der Waals surface area (Å²) in [5.41, 5.74) is 3.96. The van der Waals surface area contributed by atoms with Crippen LogP contribution < -0.4 is 10.1 Å². The van der Waals surface area contributed by atoms with Gasteiger partial charge in [-0.2, -0.15) is 0 Å². The monoisotopic (exact) mass is 363 g/mol. The summed E-state index contributed by atoms with van der Waals surface area (Å²) >= 11 is 0. The molecule has 3 aromatic rings. The van der Waals surface area contributed by atoms with E-state index < -0.39 is 6.04 Å². The average Bonchev–Trinajstić information content (AvgIpc) is 3.04. The fourth-order valence-corrected chi connectivity index (χ4v) is 3.62. The van der Waals surface area contributed by atoms with Gasteiger partial charge in [-0.25, -0.2) is 9.78 Å². The molecule has 0 amide bonds. The number of fused-ring (bicyclic) bond motifs is 3. The number of esters is 1. The van der Waals surface area contributed by atoms with E-state index in [1.165, 1.54) is 0 Å². The summed E-state index contributed by atoms with van der Waals surface area (Å²) in [5, 5.41) is 3.27. The predicted octanol–water partition coefficient (Wildman–Crippen LogP) is 3.90. The molecule has 27 heavy (non-hydrogen) atoms. The number of ether oxygens (including phenoxy) is 2. The molecule has 1 aliphatic heterocycles. The van der Waals surface area contributed by atoms with Crippen molar-refractivity contribution in [3.05, 3.63) is 65.4 Å². The van der Waals surface area contributed by atoms with Gasteiger partial charge >= 0.3 is 5.97 Å². The van der Waals surface area contributed by atoms with Gasteiger partial charge in [0.05, 0.1) is 36.4 Å². The predicted molar refractivity (Wildman–Crippen MR) is 104 cm³/mol. The third kappa shape index (κ3) is 2.73. The average molecular weight is 363 g/mol. The number of benzene rings is 2. The summed E-state index contributed by atoms with van der Waals surface area (Å²) in [6, 6.07) is 15.2. The maximum absolute atomic E-state index is 12.9. The number of rotatable bonds is 4. The maximum Gasteiger partial charge on any atom is 0.338 e. The molecule has 0 spiro atoms. The van der Waals surface area contributed by atoms with Gasteiger partial charge in [-0.1, -0.05) is 30.3 Å². The lowest BCUT2D eigenvalue weighted by Crippen LogP contribution is -2.29. The fourth-order valence-electron chi connectivity index (χ4n) is 3.62.